The number of carbonyl (C=O) groups excluding carboxylic acids is 1. The summed E-state index contributed by atoms with van der Waals surface area (Å²) >= 11 is 0. The molecular formula is C20H13N7O6. The van der Waals surface area contributed by atoms with Gasteiger partial charge in [0.1, 0.15) is 11.8 Å². The number of fused-ring (bicyclic) bond motifs is 1. The Morgan fingerprint density at radius 3 is 2.39 bits per heavy atom. The topological polar surface area (TPSA) is 175 Å². The first-order valence-electron chi connectivity index (χ1n) is 9.26. The number of non-ortho nitro benzene ring substituents is 1. The van der Waals surface area contributed by atoms with E-state index >= 15 is 0 Å². The van der Waals surface area contributed by atoms with Gasteiger partial charge in [-0.25, -0.2) is 4.98 Å². The summed E-state index contributed by atoms with van der Waals surface area (Å²) < 4.78 is 5.68. The van der Waals surface area contributed by atoms with Crippen LogP contribution in [0.25, 0.3) is 10.9 Å². The minimum atomic E-state index is -0.756. The van der Waals surface area contributed by atoms with Gasteiger partial charge in [-0.2, -0.15) is 4.98 Å². The fourth-order valence-electron chi connectivity index (χ4n) is 2.88. The highest BCUT2D eigenvalue weighted by molar-refractivity contribution is 5.95. The van der Waals surface area contributed by atoms with E-state index in [-0.39, 0.29) is 28.7 Å². The van der Waals surface area contributed by atoms with Crippen molar-refractivity contribution in [3.63, 3.8) is 0 Å². The molecule has 164 valence electrons. The molecule has 0 spiro atoms. The molecule has 13 heteroatoms. The molecule has 4 rings (SSSR count). The van der Waals surface area contributed by atoms with Crippen LogP contribution < -0.4 is 15.6 Å². The highest BCUT2D eigenvalue weighted by atomic mass is 16.6. The van der Waals surface area contributed by atoms with Crippen LogP contribution in [0.2, 0.25) is 0 Å². The predicted octanol–water partition coefficient (Wildman–Crippen LogP) is 3.39. The summed E-state index contributed by atoms with van der Waals surface area (Å²) in [5.74, 6) is -1.14. The Bertz CT molecular complexity index is 1370. The van der Waals surface area contributed by atoms with E-state index < -0.39 is 21.4 Å². The Balaban J connectivity index is 1.58. The maximum atomic E-state index is 12.3. The van der Waals surface area contributed by atoms with Gasteiger partial charge >= 0.3 is 11.6 Å². The van der Waals surface area contributed by atoms with Crippen molar-refractivity contribution in [2.75, 3.05) is 5.43 Å². The Morgan fingerprint density at radius 1 is 0.909 bits per heavy atom. The van der Waals surface area contributed by atoms with Crippen LogP contribution in [0.15, 0.2) is 67.1 Å². The van der Waals surface area contributed by atoms with Gasteiger partial charge in [-0.05, 0) is 24.3 Å². The Hall–Kier alpha value is -5.20. The summed E-state index contributed by atoms with van der Waals surface area (Å²) in [6.45, 7) is 0. The zero-order valence-electron chi connectivity index (χ0n) is 16.5. The number of carbonyl (C=O) groups is 1. The van der Waals surface area contributed by atoms with Crippen molar-refractivity contribution in [3.8, 4) is 11.6 Å². The first-order chi connectivity index (χ1) is 15.9. The predicted molar refractivity (Wildman–Crippen MR) is 115 cm³/mol. The van der Waals surface area contributed by atoms with Gasteiger partial charge in [0, 0.05) is 29.3 Å². The van der Waals surface area contributed by atoms with E-state index in [4.69, 9.17) is 4.74 Å². The number of ether oxygens (including phenoxy) is 1. The lowest BCUT2D eigenvalue weighted by Crippen LogP contribution is -2.30. The second-order valence-corrected chi connectivity index (χ2v) is 6.45. The molecule has 0 atom stereocenters. The van der Waals surface area contributed by atoms with Gasteiger partial charge in [0.15, 0.2) is 5.75 Å². The summed E-state index contributed by atoms with van der Waals surface area (Å²) in [6, 6.07) is 13.5. The Kier molecular flexibility index (Phi) is 5.67. The number of nitrogens with one attached hydrogen (secondary N) is 2. The molecule has 33 heavy (non-hydrogen) atoms. The molecule has 0 saturated heterocycles. The molecule has 0 saturated carbocycles. The van der Waals surface area contributed by atoms with Crippen LogP contribution in [-0.4, -0.2) is 30.7 Å². The zero-order chi connectivity index (χ0) is 23.4. The van der Waals surface area contributed by atoms with Crippen LogP contribution in [0.5, 0.6) is 11.6 Å². The standard InChI is InChI=1S/C20H13N7O6/c28-19(13-6-8-14(9-7-13)26(29)30)25-24-18-17(27(31)32)20(23-11-22-18)33-15-5-1-3-12-4-2-10-21-16(12)15/h1-11H,(H,25,28)(H,22,23,24). The van der Waals surface area contributed by atoms with E-state index in [1.54, 1.807) is 24.4 Å². The molecule has 0 aliphatic heterocycles. The number of rotatable bonds is 7. The number of nitro benzene ring substituents is 1. The molecule has 0 fully saturated rings. The number of hydrazine groups is 1. The van der Waals surface area contributed by atoms with E-state index in [0.29, 0.717) is 5.52 Å². The molecule has 2 aromatic heterocycles. The molecule has 1 amide bonds. The quantitative estimate of drug-likeness (QED) is 0.315. The maximum absolute atomic E-state index is 12.3. The van der Waals surface area contributed by atoms with E-state index in [0.717, 1.165) is 23.8 Å². The van der Waals surface area contributed by atoms with Crippen LogP contribution in [0.3, 0.4) is 0 Å². The number of aromatic nitrogens is 3. The molecule has 2 N–H and O–H groups in total. The zero-order valence-corrected chi connectivity index (χ0v) is 16.5. The van der Waals surface area contributed by atoms with Crippen LogP contribution in [0, 0.1) is 20.2 Å². The third kappa shape index (κ3) is 4.46. The fraction of sp³-hybridized carbons (Fsp3) is 0. The van der Waals surface area contributed by atoms with Crippen LogP contribution in [0.4, 0.5) is 17.2 Å². The number of hydrogen-bond acceptors (Lipinski definition) is 10. The summed E-state index contributed by atoms with van der Waals surface area (Å²) in [4.78, 5) is 45.3. The van der Waals surface area contributed by atoms with Crippen molar-refractivity contribution in [2.45, 2.75) is 0 Å². The van der Waals surface area contributed by atoms with Gasteiger partial charge in [0.05, 0.1) is 9.85 Å². The van der Waals surface area contributed by atoms with Gasteiger partial charge < -0.3 is 4.74 Å². The van der Waals surface area contributed by atoms with Crippen LogP contribution >= 0.6 is 0 Å². The van der Waals surface area contributed by atoms with Gasteiger partial charge in [0.2, 0.25) is 5.82 Å². The minimum Gasteiger partial charge on any atom is -0.431 e. The summed E-state index contributed by atoms with van der Waals surface area (Å²) in [7, 11) is 0. The number of anilines is 1. The van der Waals surface area contributed by atoms with Gasteiger partial charge in [-0.1, -0.05) is 18.2 Å². The van der Waals surface area contributed by atoms with Crippen molar-refractivity contribution in [1.29, 1.82) is 0 Å². The number of pyridine rings is 1. The smallest absolute Gasteiger partial charge is 0.374 e. The van der Waals surface area contributed by atoms with Crippen molar-refractivity contribution in [2.24, 2.45) is 0 Å². The van der Waals surface area contributed by atoms with Crippen molar-refractivity contribution in [3.05, 3.63) is 92.9 Å². The molecule has 13 nitrogen and oxygen atoms in total. The molecular weight excluding hydrogens is 434 g/mol. The van der Waals surface area contributed by atoms with Gasteiger partial charge in [-0.15, -0.1) is 0 Å². The van der Waals surface area contributed by atoms with Crippen molar-refractivity contribution in [1.82, 2.24) is 20.4 Å². The van der Waals surface area contributed by atoms with E-state index in [2.05, 4.69) is 25.8 Å². The molecule has 0 radical (unpaired) electrons. The number of hydrogen-bond donors (Lipinski definition) is 2. The van der Waals surface area contributed by atoms with Crippen molar-refractivity contribution < 1.29 is 19.4 Å². The molecule has 2 aromatic carbocycles. The minimum absolute atomic E-state index is 0.0862. The largest absolute Gasteiger partial charge is 0.431 e. The van der Waals surface area contributed by atoms with Crippen LogP contribution in [-0.2, 0) is 0 Å². The lowest BCUT2D eigenvalue weighted by molar-refractivity contribution is -0.385. The lowest BCUT2D eigenvalue weighted by atomic mass is 10.2. The molecule has 2 heterocycles. The maximum Gasteiger partial charge on any atom is 0.374 e. The summed E-state index contributed by atoms with van der Waals surface area (Å²) in [6.07, 6.45) is 2.59. The second-order valence-electron chi connectivity index (χ2n) is 6.45. The number of nitrogens with zero attached hydrogens (tertiary/aromatic N) is 5. The van der Waals surface area contributed by atoms with Crippen molar-refractivity contribution >= 4 is 34.0 Å². The molecule has 0 aliphatic carbocycles. The Morgan fingerprint density at radius 2 is 1.67 bits per heavy atom. The Labute approximate surface area is 184 Å². The molecule has 0 unspecified atom stereocenters. The number of amides is 1. The third-order valence-electron chi connectivity index (χ3n) is 4.41. The number of nitro groups is 2. The summed E-state index contributed by atoms with van der Waals surface area (Å²) in [5, 5.41) is 23.2. The monoisotopic (exact) mass is 447 g/mol. The highest BCUT2D eigenvalue weighted by Gasteiger charge is 2.26. The lowest BCUT2D eigenvalue weighted by Gasteiger charge is -2.11. The third-order valence-corrected chi connectivity index (χ3v) is 4.41. The van der Waals surface area contributed by atoms with Gasteiger partial charge in [-0.3, -0.25) is 40.9 Å². The average Bonchev–Trinajstić information content (AvgIpc) is 2.82. The average molecular weight is 447 g/mol. The van der Waals surface area contributed by atoms with Crippen LogP contribution in [0.1, 0.15) is 10.4 Å². The fourth-order valence-corrected chi connectivity index (χ4v) is 2.88. The number of benzene rings is 2. The van der Waals surface area contributed by atoms with E-state index in [1.807, 2.05) is 12.1 Å². The molecule has 0 aliphatic rings. The van der Waals surface area contributed by atoms with E-state index in [9.17, 15) is 25.0 Å². The normalized spacial score (nSPS) is 10.4. The summed E-state index contributed by atoms with van der Waals surface area (Å²) in [5.41, 5.74) is 4.40. The molecule has 4 aromatic rings. The number of para-hydroxylation sites is 1. The first-order valence-corrected chi connectivity index (χ1v) is 9.26. The SMILES string of the molecule is O=C(NNc1ncnc(Oc2cccc3cccnc23)c1[N+](=O)[O-])c1ccc([N+](=O)[O-])cc1. The highest BCUT2D eigenvalue weighted by Crippen LogP contribution is 2.35. The second kappa shape index (κ2) is 8.89. The van der Waals surface area contributed by atoms with E-state index in [1.165, 1.54) is 12.1 Å². The first kappa shape index (κ1) is 21.0. The van der Waals surface area contributed by atoms with Gasteiger partial charge in [0.25, 0.3) is 11.6 Å². The molecule has 0 bridgehead atoms.